The molecule has 0 bridgehead atoms. The Morgan fingerprint density at radius 2 is 1.82 bits per heavy atom. The van der Waals surface area contributed by atoms with Crippen LogP contribution in [0.15, 0.2) is 24.3 Å². The van der Waals surface area contributed by atoms with Crippen molar-refractivity contribution in [2.75, 3.05) is 11.9 Å². The van der Waals surface area contributed by atoms with E-state index in [2.05, 4.69) is 27.9 Å². The molecule has 17 heavy (non-hydrogen) atoms. The number of hydrogen-bond acceptors (Lipinski definition) is 2. The van der Waals surface area contributed by atoms with Gasteiger partial charge in [-0.15, -0.1) is 0 Å². The van der Waals surface area contributed by atoms with Crippen molar-refractivity contribution in [1.29, 1.82) is 0 Å². The fraction of sp³-hybridized carbons (Fsp3) is 0.462. The number of anilines is 1. The van der Waals surface area contributed by atoms with Crippen molar-refractivity contribution in [2.24, 2.45) is 11.1 Å². The van der Waals surface area contributed by atoms with Gasteiger partial charge in [0.15, 0.2) is 0 Å². The normalized spacial score (nSPS) is 11.3. The highest BCUT2D eigenvalue weighted by atomic mass is 127. The lowest BCUT2D eigenvalue weighted by molar-refractivity contribution is -0.125. The first kappa shape index (κ1) is 14.4. The first-order valence-electron chi connectivity index (χ1n) is 5.85. The van der Waals surface area contributed by atoms with E-state index in [1.165, 1.54) is 0 Å². The van der Waals surface area contributed by atoms with Crippen LogP contribution in [0.3, 0.4) is 0 Å². The Balaban J connectivity index is 2.80. The SMILES string of the molecule is CCC(CC)(CN)C(=O)Nc1ccc(I)cc1. The summed E-state index contributed by atoms with van der Waals surface area (Å²) in [6.07, 6.45) is 1.52. The zero-order valence-electron chi connectivity index (χ0n) is 10.3. The summed E-state index contributed by atoms with van der Waals surface area (Å²) in [7, 11) is 0. The molecule has 0 heterocycles. The molecule has 0 spiro atoms. The molecule has 94 valence electrons. The Kier molecular flexibility index (Phi) is 5.39. The molecule has 0 saturated heterocycles. The second-order valence-corrected chi connectivity index (χ2v) is 5.40. The number of nitrogens with two attached hydrogens (primary N) is 1. The van der Waals surface area contributed by atoms with Crippen LogP contribution in [-0.4, -0.2) is 12.5 Å². The number of benzene rings is 1. The van der Waals surface area contributed by atoms with E-state index in [0.717, 1.165) is 22.1 Å². The summed E-state index contributed by atoms with van der Waals surface area (Å²) < 4.78 is 1.15. The summed E-state index contributed by atoms with van der Waals surface area (Å²) in [6, 6.07) is 7.76. The van der Waals surface area contributed by atoms with Crippen molar-refractivity contribution < 1.29 is 4.79 Å². The number of amides is 1. The first-order valence-corrected chi connectivity index (χ1v) is 6.93. The highest BCUT2D eigenvalue weighted by Gasteiger charge is 2.33. The second-order valence-electron chi connectivity index (χ2n) is 4.15. The molecule has 0 aliphatic rings. The molecule has 1 rings (SSSR count). The fourth-order valence-electron chi connectivity index (χ4n) is 1.75. The Hall–Kier alpha value is -0.620. The van der Waals surface area contributed by atoms with Crippen LogP contribution in [0.1, 0.15) is 26.7 Å². The quantitative estimate of drug-likeness (QED) is 0.806. The zero-order chi connectivity index (χ0) is 12.9. The largest absolute Gasteiger partial charge is 0.329 e. The van der Waals surface area contributed by atoms with Gasteiger partial charge in [0.25, 0.3) is 0 Å². The van der Waals surface area contributed by atoms with Crippen LogP contribution in [0.2, 0.25) is 0 Å². The lowest BCUT2D eigenvalue weighted by Crippen LogP contribution is -2.41. The van der Waals surface area contributed by atoms with E-state index < -0.39 is 5.41 Å². The molecule has 3 N–H and O–H groups in total. The molecule has 0 aliphatic heterocycles. The van der Waals surface area contributed by atoms with Gasteiger partial charge >= 0.3 is 0 Å². The molecule has 0 aliphatic carbocycles. The summed E-state index contributed by atoms with van der Waals surface area (Å²) in [5.41, 5.74) is 6.13. The summed E-state index contributed by atoms with van der Waals surface area (Å²) in [6.45, 7) is 4.39. The van der Waals surface area contributed by atoms with Crippen LogP contribution in [0.25, 0.3) is 0 Å². The standard InChI is InChI=1S/C13H19IN2O/c1-3-13(4-2,9-15)12(17)16-11-7-5-10(14)6-8-11/h5-8H,3-4,9,15H2,1-2H3,(H,16,17). The Morgan fingerprint density at radius 3 is 2.24 bits per heavy atom. The van der Waals surface area contributed by atoms with Crippen LogP contribution >= 0.6 is 22.6 Å². The Morgan fingerprint density at radius 1 is 1.29 bits per heavy atom. The maximum atomic E-state index is 12.2. The maximum Gasteiger partial charge on any atom is 0.231 e. The van der Waals surface area contributed by atoms with E-state index in [1.807, 2.05) is 38.1 Å². The van der Waals surface area contributed by atoms with Gasteiger partial charge in [-0.25, -0.2) is 0 Å². The number of halogens is 1. The van der Waals surface area contributed by atoms with Crippen molar-refractivity contribution in [3.63, 3.8) is 0 Å². The average molecular weight is 346 g/mol. The van der Waals surface area contributed by atoms with E-state index in [1.54, 1.807) is 0 Å². The average Bonchev–Trinajstić information content (AvgIpc) is 2.35. The molecule has 0 fully saturated rings. The Bertz CT molecular complexity index is 363. The minimum atomic E-state index is -0.441. The number of carbonyl (C=O) groups excluding carboxylic acids is 1. The second kappa shape index (κ2) is 6.35. The summed E-state index contributed by atoms with van der Waals surface area (Å²) in [5, 5.41) is 2.94. The highest BCUT2D eigenvalue weighted by Crippen LogP contribution is 2.27. The van der Waals surface area contributed by atoms with Gasteiger partial charge in [-0.3, -0.25) is 4.79 Å². The van der Waals surface area contributed by atoms with E-state index >= 15 is 0 Å². The molecule has 0 saturated carbocycles. The predicted octanol–water partition coefficient (Wildman–Crippen LogP) is 2.99. The van der Waals surface area contributed by atoms with Gasteiger partial charge < -0.3 is 11.1 Å². The van der Waals surface area contributed by atoms with Crippen molar-refractivity contribution in [1.82, 2.24) is 0 Å². The van der Waals surface area contributed by atoms with Crippen molar-refractivity contribution in [3.05, 3.63) is 27.8 Å². The van der Waals surface area contributed by atoms with E-state index in [-0.39, 0.29) is 5.91 Å². The van der Waals surface area contributed by atoms with Crippen LogP contribution < -0.4 is 11.1 Å². The predicted molar refractivity (Wildman–Crippen MR) is 79.9 cm³/mol. The monoisotopic (exact) mass is 346 g/mol. The lowest BCUT2D eigenvalue weighted by Gasteiger charge is -2.28. The van der Waals surface area contributed by atoms with Gasteiger partial charge in [-0.05, 0) is 59.7 Å². The van der Waals surface area contributed by atoms with E-state index in [4.69, 9.17) is 5.73 Å². The van der Waals surface area contributed by atoms with Gasteiger partial charge in [-0.2, -0.15) is 0 Å². The number of hydrogen-bond donors (Lipinski definition) is 2. The topological polar surface area (TPSA) is 55.1 Å². The van der Waals surface area contributed by atoms with Crippen molar-refractivity contribution >= 4 is 34.2 Å². The first-order chi connectivity index (χ1) is 8.07. The zero-order valence-corrected chi connectivity index (χ0v) is 12.5. The summed E-state index contributed by atoms with van der Waals surface area (Å²) >= 11 is 2.24. The van der Waals surface area contributed by atoms with Gasteiger partial charge in [0.05, 0.1) is 5.41 Å². The van der Waals surface area contributed by atoms with Crippen LogP contribution in [-0.2, 0) is 4.79 Å². The summed E-state index contributed by atoms with van der Waals surface area (Å²) in [4.78, 5) is 12.2. The molecule has 1 aromatic rings. The molecular formula is C13H19IN2O. The third kappa shape index (κ3) is 3.42. The molecule has 4 heteroatoms. The molecule has 0 unspecified atom stereocenters. The number of nitrogens with one attached hydrogen (secondary N) is 1. The third-order valence-corrected chi connectivity index (χ3v) is 4.05. The minimum Gasteiger partial charge on any atom is -0.329 e. The number of rotatable bonds is 5. The van der Waals surface area contributed by atoms with Crippen molar-refractivity contribution in [2.45, 2.75) is 26.7 Å². The third-order valence-electron chi connectivity index (χ3n) is 3.33. The van der Waals surface area contributed by atoms with Gasteiger partial charge in [0.2, 0.25) is 5.91 Å². The Labute approximate surface area is 116 Å². The number of carbonyl (C=O) groups is 1. The maximum absolute atomic E-state index is 12.2. The molecule has 1 amide bonds. The molecule has 0 aromatic heterocycles. The molecular weight excluding hydrogens is 327 g/mol. The molecule has 1 aromatic carbocycles. The van der Waals surface area contributed by atoms with Crippen LogP contribution in [0, 0.1) is 8.99 Å². The lowest BCUT2D eigenvalue weighted by atomic mass is 9.81. The van der Waals surface area contributed by atoms with Crippen LogP contribution in [0.5, 0.6) is 0 Å². The van der Waals surface area contributed by atoms with E-state index in [0.29, 0.717) is 6.54 Å². The molecule has 0 radical (unpaired) electrons. The minimum absolute atomic E-state index is 0.0196. The van der Waals surface area contributed by atoms with Crippen LogP contribution in [0.4, 0.5) is 5.69 Å². The summed E-state index contributed by atoms with van der Waals surface area (Å²) in [5.74, 6) is 0.0196. The van der Waals surface area contributed by atoms with Gasteiger partial charge in [0, 0.05) is 15.8 Å². The smallest absolute Gasteiger partial charge is 0.231 e. The van der Waals surface area contributed by atoms with Crippen molar-refractivity contribution in [3.8, 4) is 0 Å². The highest BCUT2D eigenvalue weighted by molar-refractivity contribution is 14.1. The van der Waals surface area contributed by atoms with Gasteiger partial charge in [-0.1, -0.05) is 13.8 Å². The van der Waals surface area contributed by atoms with E-state index in [9.17, 15) is 4.79 Å². The molecule has 3 nitrogen and oxygen atoms in total. The van der Waals surface area contributed by atoms with Gasteiger partial charge in [0.1, 0.15) is 0 Å². The fourth-order valence-corrected chi connectivity index (χ4v) is 2.11. The molecule has 0 atom stereocenters.